The first-order valence-electron chi connectivity index (χ1n) is 10.8. The Kier molecular flexibility index (Phi) is 3.20. The van der Waals surface area contributed by atoms with Crippen LogP contribution in [-0.4, -0.2) is 0 Å². The number of fused-ring (bicyclic) bond motifs is 2. The molecule has 7 rings (SSSR count). The van der Waals surface area contributed by atoms with Crippen molar-refractivity contribution >= 4 is 49.2 Å². The average molecular weight is 380 g/mol. The summed E-state index contributed by atoms with van der Waals surface area (Å²) in [5.41, 5.74) is 4.18. The molecule has 0 spiro atoms. The first-order chi connectivity index (χ1) is 14.9. The van der Waals surface area contributed by atoms with Gasteiger partial charge in [0.05, 0.1) is 0 Å². The van der Waals surface area contributed by atoms with Gasteiger partial charge in [-0.25, -0.2) is 0 Å². The molecular formula is C30H20. The molecule has 140 valence electrons. The zero-order chi connectivity index (χ0) is 19.7. The topological polar surface area (TPSA) is 0 Å². The van der Waals surface area contributed by atoms with Crippen molar-refractivity contribution in [2.45, 2.75) is 12.8 Å². The Hall–Kier alpha value is -3.64. The smallest absolute Gasteiger partial charge is 0.00206 e. The van der Waals surface area contributed by atoms with Crippen LogP contribution < -0.4 is 5.22 Å². The highest BCUT2D eigenvalue weighted by Crippen LogP contribution is 2.42. The molecule has 0 bridgehead atoms. The Morgan fingerprint density at radius 2 is 1.27 bits per heavy atom. The number of hydrogen-bond donors (Lipinski definition) is 0. The van der Waals surface area contributed by atoms with Gasteiger partial charge in [0.2, 0.25) is 0 Å². The Labute approximate surface area is 175 Å². The van der Waals surface area contributed by atoms with Crippen molar-refractivity contribution in [2.24, 2.45) is 0 Å². The summed E-state index contributed by atoms with van der Waals surface area (Å²) < 4.78 is 0. The van der Waals surface area contributed by atoms with E-state index in [1.165, 1.54) is 65.0 Å². The molecule has 0 heterocycles. The van der Waals surface area contributed by atoms with Crippen molar-refractivity contribution in [3.63, 3.8) is 0 Å². The van der Waals surface area contributed by atoms with Crippen LogP contribution in [0.4, 0.5) is 0 Å². The summed E-state index contributed by atoms with van der Waals surface area (Å²) in [6, 6.07) is 33.9. The summed E-state index contributed by atoms with van der Waals surface area (Å²) in [5.74, 6) is 0. The molecule has 0 atom stereocenters. The van der Waals surface area contributed by atoms with Crippen LogP contribution in [0, 0.1) is 0 Å². The minimum absolute atomic E-state index is 1.14. The lowest BCUT2D eigenvalue weighted by atomic mass is 9.85. The van der Waals surface area contributed by atoms with Crippen LogP contribution in [0.1, 0.15) is 12.0 Å². The van der Waals surface area contributed by atoms with E-state index in [1.54, 1.807) is 0 Å². The molecule has 0 unspecified atom stereocenters. The van der Waals surface area contributed by atoms with Gasteiger partial charge < -0.3 is 0 Å². The Morgan fingerprint density at radius 1 is 0.533 bits per heavy atom. The Balaban J connectivity index is 1.73. The van der Waals surface area contributed by atoms with Crippen LogP contribution in [0.2, 0.25) is 0 Å². The molecule has 0 heteroatoms. The standard InChI is InChI=1S/C30H20/c1-3-10-24-22(6-1)18-23-7-2-4-11-25(23)30(24)27-17-15-21-13-12-19-8-5-9-20-14-16-26(27)29(21)28(19)20/h1-4,6-7,9-18H,5,8H2. The molecule has 1 aliphatic carbocycles. The van der Waals surface area contributed by atoms with Gasteiger partial charge in [-0.3, -0.25) is 0 Å². The summed E-state index contributed by atoms with van der Waals surface area (Å²) in [6.45, 7) is 0. The maximum Gasteiger partial charge on any atom is -0.00206 e. The first kappa shape index (κ1) is 16.2. The fraction of sp³-hybridized carbons (Fsp3) is 0.0667. The van der Waals surface area contributed by atoms with Crippen molar-refractivity contribution in [3.8, 4) is 11.1 Å². The molecule has 0 N–H and O–H groups in total. The molecule has 30 heavy (non-hydrogen) atoms. The predicted molar refractivity (Wildman–Crippen MR) is 130 cm³/mol. The quantitative estimate of drug-likeness (QED) is 0.260. The number of rotatable bonds is 1. The predicted octanol–water partition coefficient (Wildman–Crippen LogP) is 7.41. The van der Waals surface area contributed by atoms with Crippen molar-refractivity contribution in [1.82, 2.24) is 0 Å². The third kappa shape index (κ3) is 2.11. The van der Waals surface area contributed by atoms with Gasteiger partial charge in [-0.1, -0.05) is 91.0 Å². The van der Waals surface area contributed by atoms with Crippen LogP contribution >= 0.6 is 0 Å². The molecule has 0 amide bonds. The molecule has 0 aromatic heterocycles. The third-order valence-electron chi connectivity index (χ3n) is 6.85. The van der Waals surface area contributed by atoms with Crippen LogP contribution in [0.5, 0.6) is 0 Å². The molecule has 0 radical (unpaired) electrons. The maximum atomic E-state index is 2.40. The van der Waals surface area contributed by atoms with E-state index in [1.807, 2.05) is 0 Å². The minimum atomic E-state index is 1.14. The van der Waals surface area contributed by atoms with E-state index in [0.29, 0.717) is 0 Å². The van der Waals surface area contributed by atoms with Crippen molar-refractivity contribution in [3.05, 3.63) is 102 Å². The lowest BCUT2D eigenvalue weighted by Crippen LogP contribution is -2.10. The number of hydrogen-bond acceptors (Lipinski definition) is 0. The molecule has 0 fully saturated rings. The largest absolute Gasteiger partial charge is 0.0763 e. The van der Waals surface area contributed by atoms with Gasteiger partial charge >= 0.3 is 0 Å². The fourth-order valence-corrected chi connectivity index (χ4v) is 5.53. The van der Waals surface area contributed by atoms with Crippen LogP contribution in [-0.2, 0) is 6.42 Å². The molecule has 6 aromatic carbocycles. The Morgan fingerprint density at radius 3 is 2.07 bits per heavy atom. The van der Waals surface area contributed by atoms with Crippen LogP contribution in [0.3, 0.4) is 0 Å². The molecular weight excluding hydrogens is 360 g/mol. The summed E-state index contributed by atoms with van der Waals surface area (Å²) >= 11 is 0. The van der Waals surface area contributed by atoms with Gasteiger partial charge in [-0.05, 0) is 83.9 Å². The second-order valence-corrected chi connectivity index (χ2v) is 8.45. The van der Waals surface area contributed by atoms with E-state index >= 15 is 0 Å². The van der Waals surface area contributed by atoms with Gasteiger partial charge in [-0.2, -0.15) is 0 Å². The minimum Gasteiger partial charge on any atom is -0.0763 e. The van der Waals surface area contributed by atoms with E-state index in [-0.39, 0.29) is 0 Å². The average Bonchev–Trinajstić information content (AvgIpc) is 2.81. The third-order valence-corrected chi connectivity index (χ3v) is 6.85. The molecule has 0 aliphatic heterocycles. The maximum absolute atomic E-state index is 2.40. The highest BCUT2D eigenvalue weighted by molar-refractivity contribution is 6.22. The van der Waals surface area contributed by atoms with Gasteiger partial charge in [0, 0.05) is 0 Å². The zero-order valence-corrected chi connectivity index (χ0v) is 16.7. The second kappa shape index (κ2) is 5.93. The lowest BCUT2D eigenvalue weighted by molar-refractivity contribution is 1.04. The van der Waals surface area contributed by atoms with E-state index in [2.05, 4.69) is 97.1 Å². The summed E-state index contributed by atoms with van der Waals surface area (Å²) in [5, 5.41) is 12.2. The van der Waals surface area contributed by atoms with Crippen molar-refractivity contribution in [2.75, 3.05) is 0 Å². The monoisotopic (exact) mass is 380 g/mol. The molecule has 0 saturated carbocycles. The van der Waals surface area contributed by atoms with Gasteiger partial charge in [0.1, 0.15) is 0 Å². The first-order valence-corrected chi connectivity index (χ1v) is 10.8. The summed E-state index contributed by atoms with van der Waals surface area (Å²) in [7, 11) is 0. The summed E-state index contributed by atoms with van der Waals surface area (Å²) in [4.78, 5) is 0. The lowest BCUT2D eigenvalue weighted by Gasteiger charge is -2.19. The van der Waals surface area contributed by atoms with E-state index in [4.69, 9.17) is 0 Å². The van der Waals surface area contributed by atoms with Crippen LogP contribution in [0.25, 0.3) is 60.3 Å². The molecule has 0 saturated heterocycles. The number of aryl methyl sites for hydroxylation is 1. The van der Waals surface area contributed by atoms with Crippen molar-refractivity contribution < 1.29 is 0 Å². The van der Waals surface area contributed by atoms with Gasteiger partial charge in [0.15, 0.2) is 0 Å². The highest BCUT2D eigenvalue weighted by Gasteiger charge is 2.16. The molecule has 6 aromatic rings. The van der Waals surface area contributed by atoms with Crippen LogP contribution in [0.15, 0.2) is 91.0 Å². The fourth-order valence-electron chi connectivity index (χ4n) is 5.53. The Bertz CT molecular complexity index is 1630. The molecule has 1 aliphatic rings. The normalized spacial score (nSPS) is 13.3. The SMILES string of the molecule is C1=c2ccc3c(-c4c5ccccc5cc5ccccc45)ccc4ccc(c2c43)CC1. The number of benzene rings is 6. The van der Waals surface area contributed by atoms with E-state index < -0.39 is 0 Å². The zero-order valence-electron chi connectivity index (χ0n) is 16.7. The van der Waals surface area contributed by atoms with Gasteiger partial charge in [0.25, 0.3) is 0 Å². The van der Waals surface area contributed by atoms with Crippen molar-refractivity contribution in [1.29, 1.82) is 0 Å². The van der Waals surface area contributed by atoms with E-state index in [9.17, 15) is 0 Å². The molecule has 0 nitrogen and oxygen atoms in total. The highest BCUT2D eigenvalue weighted by atomic mass is 14.2. The van der Waals surface area contributed by atoms with E-state index in [0.717, 1.165) is 12.8 Å². The summed E-state index contributed by atoms with van der Waals surface area (Å²) in [6.07, 6.45) is 4.69. The van der Waals surface area contributed by atoms with Gasteiger partial charge in [-0.15, -0.1) is 0 Å². The second-order valence-electron chi connectivity index (χ2n) is 8.45.